The number of halogens is 12. The van der Waals surface area contributed by atoms with E-state index >= 15 is 4.79 Å². The van der Waals surface area contributed by atoms with Gasteiger partial charge >= 0.3 is 18.5 Å². The fourth-order valence-corrected chi connectivity index (χ4v) is 17.2. The number of likely N-dealkylation sites (N-methyl/N-ethyl adjacent to an activating group) is 3. The van der Waals surface area contributed by atoms with Crippen molar-refractivity contribution in [2.75, 3.05) is 78.2 Å². The highest BCUT2D eigenvalue weighted by atomic mass is 32.2. The molecule has 0 N–H and O–H groups in total. The molecular weight excluding hydrogens is 1920 g/mol. The molecule has 0 spiro atoms. The van der Waals surface area contributed by atoms with E-state index in [0.717, 1.165) is 182 Å². The zero-order chi connectivity index (χ0) is 140. The van der Waals surface area contributed by atoms with Gasteiger partial charge in [-0.25, -0.2) is 13.2 Å². The maximum Gasteiger partial charge on any atom is 0.416 e. The van der Waals surface area contributed by atoms with Crippen molar-refractivity contribution in [1.29, 1.82) is 0 Å². The summed E-state index contributed by atoms with van der Waals surface area (Å²) in [4.78, 5) is 97.9. The van der Waals surface area contributed by atoms with E-state index in [0.29, 0.717) is 58.2 Å². The van der Waals surface area contributed by atoms with E-state index in [-0.39, 0.29) is 185 Å². The summed E-state index contributed by atoms with van der Waals surface area (Å²) in [5.41, 5.74) is -18.0. The predicted octanol–water partition coefficient (Wildman–Crippen LogP) is 22.6. The van der Waals surface area contributed by atoms with E-state index in [1.54, 1.807) is 0 Å². The number of thioether (sulfide) groups is 3. The number of alkyl halides is 9. The second-order valence-electron chi connectivity index (χ2n) is 31.7. The van der Waals surface area contributed by atoms with Crippen LogP contribution in [-0.4, -0.2) is 154 Å². The van der Waals surface area contributed by atoms with Gasteiger partial charge in [-0.2, -0.15) is 54.5 Å². The molecule has 0 fully saturated rings. The Morgan fingerprint density at radius 2 is 0.639 bits per heavy atom. The monoisotopic (exact) mass is 2080 g/mol. The number of benzene rings is 9. The second kappa shape index (κ2) is 50.3. The highest BCUT2D eigenvalue weighted by Crippen LogP contribution is 2.39. The number of fused-ring (bicyclic) bond motifs is 3. The van der Waals surface area contributed by atoms with E-state index in [9.17, 15) is 93.1 Å². The minimum Gasteiger partial charge on any atom is -0.336 e. The molecule has 0 aliphatic heterocycles. The van der Waals surface area contributed by atoms with Crippen molar-refractivity contribution in [3.8, 4) is 33.4 Å². The van der Waals surface area contributed by atoms with E-state index in [1.165, 1.54) is 13.8 Å². The van der Waals surface area contributed by atoms with E-state index in [4.69, 9.17) is 39.8 Å². The van der Waals surface area contributed by atoms with Gasteiger partial charge in [-0.15, -0.1) is 0 Å². The van der Waals surface area contributed by atoms with Crippen LogP contribution in [0.25, 0.3) is 33.4 Å². The van der Waals surface area contributed by atoms with Crippen LogP contribution in [0.1, 0.15) is 218 Å². The van der Waals surface area contributed by atoms with Crippen LogP contribution in [0.5, 0.6) is 0 Å². The summed E-state index contributed by atoms with van der Waals surface area (Å²) in [5.74, 6) is -7.67. The van der Waals surface area contributed by atoms with Crippen LogP contribution < -0.4 is 16.7 Å². The van der Waals surface area contributed by atoms with Crippen molar-refractivity contribution in [2.45, 2.75) is 210 Å². The van der Waals surface area contributed by atoms with Gasteiger partial charge in [-0.3, -0.25) is 28.8 Å². The summed E-state index contributed by atoms with van der Waals surface area (Å²) >= 11 is 0.558. The van der Waals surface area contributed by atoms with Crippen LogP contribution in [0.2, 0.25) is 0 Å². The standard InChI is InChI=1S/3C37H40F4N4O2S/c3*1-4-43(5-2)19-20-44(22-27-11-18-31(25(3)21-27)28-12-14-29(15-13-28)37(39,40)41)34(46)23-45-33-8-6-7-32(33)35(47)42-36(45)48-24-26-9-16-30(38)17-10-26/h3*9-18,21H,4-8,19-20,22-24H2,1-3H3/i4D2,5D2,11D,18D,19D2,20D2,21D,22D2,23D2,24D2;4D2,5D2,11D,18D,21D,22D2,23D2,24D2;4D2,5D2,11D,18D,21D,23D2,24D2. The molecule has 12 aromatic rings. The number of carbonyl (C=O) groups excluding carboxylic acids is 3. The summed E-state index contributed by atoms with van der Waals surface area (Å²) in [7, 11) is 0. The smallest absolute Gasteiger partial charge is 0.336 e. The average molecular weight is 2080 g/mol. The number of amides is 3. The van der Waals surface area contributed by atoms with Gasteiger partial charge in [-0.05, 0) is 274 Å². The summed E-state index contributed by atoms with van der Waals surface area (Å²) in [6.07, 6.45) is -13.2. The Balaban J connectivity index is 0.000000225. The molecule has 3 heterocycles. The Labute approximate surface area is 902 Å². The second-order valence-corrected chi connectivity index (χ2v) is 34.1. The Morgan fingerprint density at radius 1 is 0.354 bits per heavy atom. The molecule has 3 aliphatic carbocycles. The van der Waals surface area contributed by atoms with E-state index in [1.807, 2.05) is 0 Å². The third-order valence-electron chi connectivity index (χ3n) is 22.3. The molecule has 144 heavy (non-hydrogen) atoms. The molecule has 18 nitrogen and oxygen atoms in total. The van der Waals surface area contributed by atoms with Crippen molar-refractivity contribution < 1.29 is 123 Å². The molecule has 0 bridgehead atoms. The van der Waals surface area contributed by atoms with Gasteiger partial charge in [0.25, 0.3) is 16.7 Å². The normalized spacial score (nSPS) is 18.6. The highest BCUT2D eigenvalue weighted by Gasteiger charge is 2.35. The van der Waals surface area contributed by atoms with Gasteiger partial charge in [-0.1, -0.05) is 204 Å². The molecule has 0 radical (unpaired) electrons. The van der Waals surface area contributed by atoms with Crippen LogP contribution in [-0.2, 0) is 128 Å². The third kappa shape index (κ3) is 29.1. The van der Waals surface area contributed by atoms with Crippen molar-refractivity contribution in [3.63, 3.8) is 0 Å². The SMILES string of the molecule is [2H]c1c([2H])c(-c2ccc(C(F)(F)F)cc2)c(C)c([2H])c1CN(CCN(C([2H])([2H])C)C([2H])([2H])C)C(=O)C([2H])([2H])n1c(SC([2H])([2H])c2ccc(F)cc2)nc(=O)c2c1CCC2.[2H]c1c([2H])c(C([2H])([2H])N(C(=O)C([2H])([2H])n2c(SC([2H])([2H])c3ccc(F)cc3)nc(=O)c3c2CCC3)C([2H])([2H])C([2H])([2H])N(C([2H])([2H])C)C([2H])([2H])C)c([2H])c(C)c1-c1ccc(C(F)(F)F)cc1.[2H]c1c([2H])c(C([2H])([2H])N(CCN(C([2H])([2H])C)C([2H])([2H])C)C(=O)C([2H])([2H])n2c(SC([2H])([2H])c3ccc(F)cc3)nc(=O)c3c2CCC3)c([2H])c(C)c1-c1ccc(C(F)(F)F)cc1. The zero-order valence-corrected chi connectivity index (χ0v) is 80.8. The summed E-state index contributed by atoms with van der Waals surface area (Å²) in [6, 6.07) is 15.3. The number of hydrogen-bond donors (Lipinski definition) is 0. The molecule has 9 aromatic carbocycles. The lowest BCUT2D eigenvalue weighted by Gasteiger charge is -2.28. The Hall–Kier alpha value is -11.9. The fourth-order valence-electron chi connectivity index (χ4n) is 15.0. The minimum absolute atomic E-state index is 0.00215. The van der Waals surface area contributed by atoms with Crippen molar-refractivity contribution in [3.05, 3.63) is 349 Å². The molecule has 0 saturated carbocycles. The van der Waals surface area contributed by atoms with E-state index < -0.39 is 313 Å². The molecule has 3 aliphatic rings. The van der Waals surface area contributed by atoms with Gasteiger partial charge in [0.05, 0.1) is 45.5 Å². The molecule has 33 heteroatoms. The van der Waals surface area contributed by atoms with Crippen LogP contribution >= 0.6 is 35.3 Å². The number of hydrogen-bond acceptors (Lipinski definition) is 15. The van der Waals surface area contributed by atoms with Gasteiger partial charge in [0.2, 0.25) is 17.7 Å². The lowest BCUT2D eigenvalue weighted by atomic mass is 9.97. The molecule has 3 amide bonds. The molecule has 0 saturated heterocycles. The lowest BCUT2D eigenvalue weighted by Crippen LogP contribution is -2.40. The zero-order valence-electron chi connectivity index (χ0n) is 119. The molecule has 0 atom stereocenters. The minimum atomic E-state index is -4.79. The van der Waals surface area contributed by atoms with Crippen LogP contribution in [0, 0.1) is 38.2 Å². The van der Waals surface area contributed by atoms with E-state index in [2.05, 4.69) is 15.0 Å². The Kier molecular flexibility index (Phi) is 23.1. The van der Waals surface area contributed by atoms with Crippen molar-refractivity contribution in [2.24, 2.45) is 0 Å². The fraction of sp³-hybridized carbons (Fsp3) is 0.378. The quantitative estimate of drug-likeness (QED) is 0.0202. The van der Waals surface area contributed by atoms with Crippen LogP contribution in [0.15, 0.2) is 230 Å². The van der Waals surface area contributed by atoms with Gasteiger partial charge in [0.1, 0.15) is 36.9 Å². The van der Waals surface area contributed by atoms with Gasteiger partial charge in [0.15, 0.2) is 15.5 Å². The largest absolute Gasteiger partial charge is 0.416 e. The van der Waals surface area contributed by atoms with Gasteiger partial charge in [0, 0.05) is 137 Å². The first-order valence-corrected chi connectivity index (χ1v) is 46.7. The van der Waals surface area contributed by atoms with Crippen LogP contribution in [0.4, 0.5) is 52.7 Å². The summed E-state index contributed by atoms with van der Waals surface area (Å²) < 4.78 is 526. The number of nitrogens with zero attached hydrogens (tertiary/aromatic N) is 12. The lowest BCUT2D eigenvalue weighted by molar-refractivity contribution is -0.138. The number of rotatable bonds is 39. The first kappa shape index (κ1) is 66.3. The first-order chi connectivity index (χ1) is 84.2. The predicted molar refractivity (Wildman–Crippen MR) is 544 cm³/mol. The summed E-state index contributed by atoms with van der Waals surface area (Å²) in [5, 5.41) is -2.09. The van der Waals surface area contributed by atoms with Crippen LogP contribution in [0.3, 0.4) is 0 Å². The maximum atomic E-state index is 15.3. The van der Waals surface area contributed by atoms with Crippen molar-refractivity contribution in [1.82, 2.24) is 58.1 Å². The molecule has 3 aromatic heterocycles. The Bertz CT molecular complexity index is 8720. The molecule has 0 unspecified atom stereocenters. The summed E-state index contributed by atoms with van der Waals surface area (Å²) in [6.45, 7) is -37.7. The third-order valence-corrected chi connectivity index (χ3v) is 24.7. The average Bonchev–Trinajstić information content (AvgIpc) is 1.68. The van der Waals surface area contributed by atoms with Gasteiger partial charge < -0.3 is 43.1 Å². The molecular formula is C111H120F12N12O6S3. The first-order valence-electron chi connectivity index (χ1n) is 64.7. The maximum absolute atomic E-state index is 15.3. The number of aromatic nitrogens is 6. The molecule has 762 valence electrons. The topological polar surface area (TPSA) is 175 Å². The number of carbonyl (C=O) groups is 3. The Morgan fingerprint density at radius 3 is 0.951 bits per heavy atom. The highest BCUT2D eigenvalue weighted by molar-refractivity contribution is 7.98. The van der Waals surface area contributed by atoms with Crippen molar-refractivity contribution >= 4 is 53.0 Å². The molecule has 15 rings (SSSR count).